The highest BCUT2D eigenvalue weighted by atomic mass is 16.5. The molecule has 0 aromatic carbocycles. The molecule has 2 aliphatic rings. The van der Waals surface area contributed by atoms with Gasteiger partial charge in [0.25, 0.3) is 0 Å². The van der Waals surface area contributed by atoms with E-state index in [2.05, 4.69) is 26.7 Å². The van der Waals surface area contributed by atoms with Crippen LogP contribution in [0.4, 0.5) is 11.6 Å². The lowest BCUT2D eigenvalue weighted by Crippen LogP contribution is -2.44. The van der Waals surface area contributed by atoms with Crippen LogP contribution in [0.1, 0.15) is 18.9 Å². The van der Waals surface area contributed by atoms with E-state index in [1.54, 1.807) is 6.33 Å². The van der Waals surface area contributed by atoms with Crippen molar-refractivity contribution in [1.29, 1.82) is 0 Å². The number of nitrogens with zero attached hydrogens (tertiary/aromatic N) is 4. The summed E-state index contributed by atoms with van der Waals surface area (Å²) in [4.78, 5) is 13.5. The molecule has 1 aromatic heterocycles. The summed E-state index contributed by atoms with van der Waals surface area (Å²) >= 11 is 0. The minimum atomic E-state index is 0.611. The Balaban J connectivity index is 1.72. The molecule has 3 heterocycles. The molecule has 0 bridgehead atoms. The average Bonchev–Trinajstić information content (AvgIpc) is 2.97. The Morgan fingerprint density at radius 2 is 2.10 bits per heavy atom. The molecular weight excluding hydrogens is 254 g/mol. The van der Waals surface area contributed by atoms with E-state index in [4.69, 9.17) is 10.5 Å². The summed E-state index contributed by atoms with van der Waals surface area (Å²) in [5.41, 5.74) is 7.05. The molecule has 1 atom stereocenters. The number of anilines is 2. The quantitative estimate of drug-likeness (QED) is 0.869. The molecule has 1 aromatic rings. The Morgan fingerprint density at radius 1 is 1.30 bits per heavy atom. The van der Waals surface area contributed by atoms with Gasteiger partial charge in [-0.05, 0) is 12.8 Å². The number of nitrogen functional groups attached to an aromatic ring is 1. The largest absolute Gasteiger partial charge is 0.383 e. The van der Waals surface area contributed by atoms with Crippen LogP contribution in [0.25, 0.3) is 0 Å². The first-order chi connectivity index (χ1) is 9.79. The predicted molar refractivity (Wildman–Crippen MR) is 78.8 cm³/mol. The predicted octanol–water partition coefficient (Wildman–Crippen LogP) is 0.532. The third kappa shape index (κ3) is 2.58. The molecule has 0 aliphatic carbocycles. The normalized spacial score (nSPS) is 24.2. The molecule has 3 rings (SSSR count). The molecule has 0 amide bonds. The molecule has 0 saturated carbocycles. The molecule has 2 N–H and O–H groups in total. The summed E-state index contributed by atoms with van der Waals surface area (Å²) in [5, 5.41) is 0. The monoisotopic (exact) mass is 277 g/mol. The van der Waals surface area contributed by atoms with E-state index >= 15 is 0 Å². The Labute approximate surface area is 119 Å². The summed E-state index contributed by atoms with van der Waals surface area (Å²) in [7, 11) is 0. The molecular formula is C14H23N5O. The van der Waals surface area contributed by atoms with E-state index < -0.39 is 0 Å². The van der Waals surface area contributed by atoms with Gasteiger partial charge in [-0.1, -0.05) is 6.92 Å². The lowest BCUT2D eigenvalue weighted by Gasteiger charge is -2.32. The fraction of sp³-hybridized carbons (Fsp3) is 0.714. The summed E-state index contributed by atoms with van der Waals surface area (Å²) in [6, 6.07) is 0.611. The number of ether oxygens (including phenoxy) is 1. The average molecular weight is 277 g/mol. The number of hydrogen-bond acceptors (Lipinski definition) is 6. The van der Waals surface area contributed by atoms with Crippen LogP contribution >= 0.6 is 0 Å². The fourth-order valence-corrected chi connectivity index (χ4v) is 3.20. The lowest BCUT2D eigenvalue weighted by molar-refractivity contribution is 0.0209. The minimum Gasteiger partial charge on any atom is -0.383 e. The van der Waals surface area contributed by atoms with Crippen LogP contribution in [0.2, 0.25) is 0 Å². The highest BCUT2D eigenvalue weighted by Crippen LogP contribution is 2.27. The van der Waals surface area contributed by atoms with Gasteiger partial charge in [-0.25, -0.2) is 9.97 Å². The van der Waals surface area contributed by atoms with Crippen molar-refractivity contribution in [3.63, 3.8) is 0 Å². The van der Waals surface area contributed by atoms with Gasteiger partial charge in [0.15, 0.2) is 0 Å². The molecule has 2 aliphatic heterocycles. The topological polar surface area (TPSA) is 67.5 Å². The van der Waals surface area contributed by atoms with E-state index in [-0.39, 0.29) is 0 Å². The molecule has 1 unspecified atom stereocenters. The van der Waals surface area contributed by atoms with Gasteiger partial charge in [0, 0.05) is 37.8 Å². The van der Waals surface area contributed by atoms with Crippen LogP contribution in [0, 0.1) is 0 Å². The van der Waals surface area contributed by atoms with E-state index in [0.717, 1.165) is 57.2 Å². The first kappa shape index (κ1) is 13.6. The van der Waals surface area contributed by atoms with E-state index in [0.29, 0.717) is 11.9 Å². The van der Waals surface area contributed by atoms with E-state index in [9.17, 15) is 0 Å². The van der Waals surface area contributed by atoms with Crippen molar-refractivity contribution >= 4 is 11.6 Å². The second-order valence-electron chi connectivity index (χ2n) is 5.45. The van der Waals surface area contributed by atoms with E-state index in [1.807, 2.05) is 0 Å². The van der Waals surface area contributed by atoms with Crippen molar-refractivity contribution in [3.8, 4) is 0 Å². The highest BCUT2D eigenvalue weighted by Gasteiger charge is 2.30. The third-order valence-electron chi connectivity index (χ3n) is 4.33. The Hall–Kier alpha value is -1.40. The summed E-state index contributed by atoms with van der Waals surface area (Å²) in [6.07, 6.45) is 3.64. The number of aromatic nitrogens is 2. The Kier molecular flexibility index (Phi) is 4.03. The molecule has 0 spiro atoms. The van der Waals surface area contributed by atoms with Gasteiger partial charge in [-0.15, -0.1) is 0 Å². The van der Waals surface area contributed by atoms with Crippen molar-refractivity contribution in [2.75, 3.05) is 50.0 Å². The van der Waals surface area contributed by atoms with Crippen LogP contribution in [-0.4, -0.2) is 60.3 Å². The zero-order chi connectivity index (χ0) is 13.9. The molecule has 6 nitrogen and oxygen atoms in total. The maximum Gasteiger partial charge on any atom is 0.137 e. The number of morpholine rings is 1. The first-order valence-corrected chi connectivity index (χ1v) is 7.45. The van der Waals surface area contributed by atoms with Gasteiger partial charge in [0.1, 0.15) is 18.0 Å². The van der Waals surface area contributed by atoms with Gasteiger partial charge < -0.3 is 15.4 Å². The van der Waals surface area contributed by atoms with Gasteiger partial charge >= 0.3 is 0 Å². The van der Waals surface area contributed by atoms with E-state index in [1.165, 1.54) is 6.42 Å². The summed E-state index contributed by atoms with van der Waals surface area (Å²) in [6.45, 7) is 7.99. The second kappa shape index (κ2) is 5.93. The van der Waals surface area contributed by atoms with Crippen LogP contribution < -0.4 is 10.6 Å². The van der Waals surface area contributed by atoms with Gasteiger partial charge in [0.2, 0.25) is 0 Å². The van der Waals surface area contributed by atoms with Crippen LogP contribution in [0.5, 0.6) is 0 Å². The maximum absolute atomic E-state index is 5.97. The zero-order valence-corrected chi connectivity index (χ0v) is 12.1. The molecule has 2 saturated heterocycles. The molecule has 0 radical (unpaired) electrons. The number of hydrogen-bond donors (Lipinski definition) is 1. The van der Waals surface area contributed by atoms with Crippen molar-refractivity contribution < 1.29 is 4.74 Å². The van der Waals surface area contributed by atoms with Crippen LogP contribution in [0.3, 0.4) is 0 Å². The first-order valence-electron chi connectivity index (χ1n) is 7.45. The van der Waals surface area contributed by atoms with Gasteiger partial charge in [-0.2, -0.15) is 0 Å². The standard InChI is InChI=1S/C14H23N5O/c1-2-12-13(15)16-10-17-14(12)19-4-3-11(9-19)18-5-7-20-8-6-18/h10-11H,2-9H2,1H3,(H2,15,16,17). The smallest absolute Gasteiger partial charge is 0.137 e. The zero-order valence-electron chi connectivity index (χ0n) is 12.1. The second-order valence-corrected chi connectivity index (χ2v) is 5.45. The SMILES string of the molecule is CCc1c(N)ncnc1N1CCC(N2CCOCC2)C1. The maximum atomic E-state index is 5.97. The highest BCUT2D eigenvalue weighted by molar-refractivity contribution is 5.57. The number of rotatable bonds is 3. The van der Waals surface area contributed by atoms with Crippen molar-refractivity contribution in [2.45, 2.75) is 25.8 Å². The van der Waals surface area contributed by atoms with Gasteiger partial charge in [0.05, 0.1) is 13.2 Å². The Bertz CT molecular complexity index is 461. The third-order valence-corrected chi connectivity index (χ3v) is 4.33. The molecule has 6 heteroatoms. The molecule has 2 fully saturated rings. The van der Waals surface area contributed by atoms with Crippen molar-refractivity contribution in [3.05, 3.63) is 11.9 Å². The van der Waals surface area contributed by atoms with Crippen molar-refractivity contribution in [2.24, 2.45) is 0 Å². The molecule has 110 valence electrons. The summed E-state index contributed by atoms with van der Waals surface area (Å²) < 4.78 is 5.43. The van der Waals surface area contributed by atoms with Gasteiger partial charge in [-0.3, -0.25) is 4.90 Å². The number of nitrogens with two attached hydrogens (primary N) is 1. The summed E-state index contributed by atoms with van der Waals surface area (Å²) in [5.74, 6) is 1.64. The van der Waals surface area contributed by atoms with Crippen LogP contribution in [0.15, 0.2) is 6.33 Å². The fourth-order valence-electron chi connectivity index (χ4n) is 3.20. The van der Waals surface area contributed by atoms with Crippen LogP contribution in [-0.2, 0) is 11.2 Å². The molecule has 20 heavy (non-hydrogen) atoms. The van der Waals surface area contributed by atoms with Crippen molar-refractivity contribution in [1.82, 2.24) is 14.9 Å². The Morgan fingerprint density at radius 3 is 2.85 bits per heavy atom. The minimum absolute atomic E-state index is 0.611. The lowest BCUT2D eigenvalue weighted by atomic mass is 10.2.